The normalized spacial score (nSPS) is 17.8. The lowest BCUT2D eigenvalue weighted by Crippen LogP contribution is -2.34. The first-order valence-corrected chi connectivity index (χ1v) is 8.31. The Hall–Kier alpha value is -2.17. The van der Waals surface area contributed by atoms with Crippen LogP contribution in [-0.4, -0.2) is 21.7 Å². The first-order valence-electron chi connectivity index (χ1n) is 8.31. The van der Waals surface area contributed by atoms with E-state index < -0.39 is 0 Å². The molecular weight excluding hydrogens is 293 g/mol. The molecule has 1 atom stereocenters. The number of aromatic nitrogens is 2. The maximum Gasteiger partial charge on any atom is 0.272 e. The van der Waals surface area contributed by atoms with E-state index in [1.165, 1.54) is 18.9 Å². The molecule has 0 aliphatic heterocycles. The highest BCUT2D eigenvalue weighted by Crippen LogP contribution is 2.33. The molecule has 2 aliphatic carbocycles. The molecule has 1 aromatic heterocycles. The predicted octanol–water partition coefficient (Wildman–Crippen LogP) is 3.03. The van der Waals surface area contributed by atoms with E-state index >= 15 is 0 Å². The minimum atomic E-state index is -0.317. The van der Waals surface area contributed by atoms with Crippen molar-refractivity contribution in [3.8, 4) is 5.69 Å². The number of hydrogen-bond acceptors (Lipinski definition) is 2. The van der Waals surface area contributed by atoms with Gasteiger partial charge < -0.3 is 5.32 Å². The van der Waals surface area contributed by atoms with Crippen LogP contribution in [0.25, 0.3) is 5.69 Å². The summed E-state index contributed by atoms with van der Waals surface area (Å²) in [5, 5.41) is 7.52. The van der Waals surface area contributed by atoms with Crippen LogP contribution in [0, 0.1) is 11.7 Å². The van der Waals surface area contributed by atoms with Crippen LogP contribution in [0.4, 0.5) is 4.39 Å². The zero-order valence-electron chi connectivity index (χ0n) is 13.2. The molecule has 0 unspecified atom stereocenters. The third-order valence-corrected chi connectivity index (χ3v) is 4.91. The van der Waals surface area contributed by atoms with E-state index in [9.17, 15) is 9.18 Å². The summed E-state index contributed by atoms with van der Waals surface area (Å²) in [6.07, 6.45) is 5.03. The van der Waals surface area contributed by atoms with Crippen molar-refractivity contribution in [2.75, 3.05) is 0 Å². The maximum atomic E-state index is 14.1. The number of amides is 1. The number of rotatable bonds is 4. The fraction of sp³-hybridized carbons (Fsp3) is 0.444. The second kappa shape index (κ2) is 5.48. The van der Waals surface area contributed by atoms with Gasteiger partial charge in [-0.25, -0.2) is 9.07 Å². The van der Waals surface area contributed by atoms with Gasteiger partial charge in [-0.3, -0.25) is 4.79 Å². The van der Waals surface area contributed by atoms with Crippen LogP contribution in [0.15, 0.2) is 24.3 Å². The molecule has 2 aliphatic rings. The predicted molar refractivity (Wildman–Crippen MR) is 85.2 cm³/mol. The highest BCUT2D eigenvalue weighted by molar-refractivity contribution is 5.94. The van der Waals surface area contributed by atoms with Gasteiger partial charge in [-0.1, -0.05) is 12.1 Å². The molecule has 0 bridgehead atoms. The molecule has 4 rings (SSSR count). The van der Waals surface area contributed by atoms with Crippen LogP contribution in [0.3, 0.4) is 0 Å². The summed E-state index contributed by atoms with van der Waals surface area (Å²) in [7, 11) is 0. The molecule has 0 spiro atoms. The lowest BCUT2D eigenvalue weighted by Gasteiger charge is -2.12. The van der Waals surface area contributed by atoms with E-state index in [0.717, 1.165) is 30.5 Å². The molecule has 0 saturated heterocycles. The van der Waals surface area contributed by atoms with Gasteiger partial charge in [0.2, 0.25) is 0 Å². The fourth-order valence-corrected chi connectivity index (χ4v) is 3.43. The molecular formula is C18H20FN3O. The monoisotopic (exact) mass is 313 g/mol. The maximum absolute atomic E-state index is 14.1. The second-order valence-corrected chi connectivity index (χ2v) is 6.59. The second-order valence-electron chi connectivity index (χ2n) is 6.59. The molecule has 1 amide bonds. The molecule has 23 heavy (non-hydrogen) atoms. The Bertz CT molecular complexity index is 764. The largest absolute Gasteiger partial charge is 0.348 e. The third kappa shape index (κ3) is 2.54. The average molecular weight is 313 g/mol. The summed E-state index contributed by atoms with van der Waals surface area (Å²) in [5.74, 6) is 0.154. The molecule has 120 valence electrons. The fourth-order valence-electron chi connectivity index (χ4n) is 3.43. The van der Waals surface area contributed by atoms with Crippen LogP contribution in [0.1, 0.15) is 47.9 Å². The van der Waals surface area contributed by atoms with Crippen molar-refractivity contribution in [1.82, 2.24) is 15.1 Å². The van der Waals surface area contributed by atoms with Crippen LogP contribution in [0.2, 0.25) is 0 Å². The molecule has 5 heteroatoms. The lowest BCUT2D eigenvalue weighted by atomic mass is 10.1. The molecule has 1 fully saturated rings. The Kier molecular flexibility index (Phi) is 3.43. The van der Waals surface area contributed by atoms with Crippen molar-refractivity contribution < 1.29 is 9.18 Å². The molecule has 0 radical (unpaired) electrons. The number of hydrogen-bond donors (Lipinski definition) is 1. The number of halogens is 1. The number of para-hydroxylation sites is 1. The van der Waals surface area contributed by atoms with E-state index in [-0.39, 0.29) is 17.8 Å². The number of fused-ring (bicyclic) bond motifs is 1. The van der Waals surface area contributed by atoms with Crippen molar-refractivity contribution in [3.63, 3.8) is 0 Å². The zero-order valence-corrected chi connectivity index (χ0v) is 13.2. The first kappa shape index (κ1) is 14.4. The van der Waals surface area contributed by atoms with Gasteiger partial charge in [0, 0.05) is 17.3 Å². The first-order chi connectivity index (χ1) is 11.1. The summed E-state index contributed by atoms with van der Waals surface area (Å²) >= 11 is 0. The Morgan fingerprint density at radius 2 is 2.13 bits per heavy atom. The Morgan fingerprint density at radius 1 is 1.35 bits per heavy atom. The Morgan fingerprint density at radius 3 is 2.87 bits per heavy atom. The van der Waals surface area contributed by atoms with Gasteiger partial charge in [-0.15, -0.1) is 0 Å². The summed E-state index contributed by atoms with van der Waals surface area (Å²) < 4.78 is 15.7. The van der Waals surface area contributed by atoms with E-state index in [2.05, 4.69) is 10.4 Å². The summed E-state index contributed by atoms with van der Waals surface area (Å²) in [4.78, 5) is 12.6. The van der Waals surface area contributed by atoms with Crippen molar-refractivity contribution in [2.24, 2.45) is 5.92 Å². The smallest absolute Gasteiger partial charge is 0.272 e. The van der Waals surface area contributed by atoms with Crippen LogP contribution in [0.5, 0.6) is 0 Å². The van der Waals surface area contributed by atoms with Crippen LogP contribution >= 0.6 is 0 Å². The van der Waals surface area contributed by atoms with E-state index in [0.29, 0.717) is 17.3 Å². The minimum absolute atomic E-state index is 0.127. The average Bonchev–Trinajstić information content (AvgIpc) is 3.17. The standard InChI is InChI=1S/C18H20FN3O/c1-11(12-9-10-12)20-18(23)17-13-5-4-8-15(13)22(21-17)16-7-3-2-6-14(16)19/h2-3,6-7,11-12H,4-5,8-10H2,1H3,(H,20,23)/t11-/m0/s1. The van der Waals surface area contributed by atoms with E-state index in [1.807, 2.05) is 6.92 Å². The van der Waals surface area contributed by atoms with Crippen LogP contribution < -0.4 is 5.32 Å². The highest BCUT2D eigenvalue weighted by Gasteiger charge is 2.32. The molecule has 4 nitrogen and oxygen atoms in total. The van der Waals surface area contributed by atoms with Gasteiger partial charge in [0.1, 0.15) is 11.5 Å². The highest BCUT2D eigenvalue weighted by atomic mass is 19.1. The number of benzene rings is 1. The van der Waals surface area contributed by atoms with Gasteiger partial charge in [-0.2, -0.15) is 5.10 Å². The summed E-state index contributed by atoms with van der Waals surface area (Å²) in [5.41, 5.74) is 2.83. The molecule has 1 aromatic carbocycles. The molecule has 1 saturated carbocycles. The summed E-state index contributed by atoms with van der Waals surface area (Å²) in [6, 6.07) is 6.75. The minimum Gasteiger partial charge on any atom is -0.348 e. The Labute approximate surface area is 134 Å². The van der Waals surface area contributed by atoms with E-state index in [1.54, 1.807) is 22.9 Å². The summed E-state index contributed by atoms with van der Waals surface area (Å²) in [6.45, 7) is 2.05. The lowest BCUT2D eigenvalue weighted by molar-refractivity contribution is 0.0929. The van der Waals surface area contributed by atoms with Crippen molar-refractivity contribution in [2.45, 2.75) is 45.1 Å². The number of nitrogens with one attached hydrogen (secondary N) is 1. The van der Waals surface area contributed by atoms with Crippen molar-refractivity contribution in [3.05, 3.63) is 47.0 Å². The van der Waals surface area contributed by atoms with E-state index in [4.69, 9.17) is 0 Å². The van der Waals surface area contributed by atoms with Gasteiger partial charge in [0.25, 0.3) is 5.91 Å². The molecule has 2 aromatic rings. The van der Waals surface area contributed by atoms with Gasteiger partial charge in [0.15, 0.2) is 5.69 Å². The Balaban J connectivity index is 1.70. The SMILES string of the molecule is C[C@H](NC(=O)c1nn(-c2ccccc2F)c2c1CCC2)C1CC1. The van der Waals surface area contributed by atoms with Crippen molar-refractivity contribution >= 4 is 5.91 Å². The van der Waals surface area contributed by atoms with Gasteiger partial charge >= 0.3 is 0 Å². The van der Waals surface area contributed by atoms with Crippen molar-refractivity contribution in [1.29, 1.82) is 0 Å². The number of carbonyl (C=O) groups is 1. The molecule has 1 N–H and O–H groups in total. The zero-order chi connectivity index (χ0) is 16.0. The van der Waals surface area contributed by atoms with Crippen LogP contribution in [-0.2, 0) is 12.8 Å². The topological polar surface area (TPSA) is 46.9 Å². The third-order valence-electron chi connectivity index (χ3n) is 4.91. The quantitative estimate of drug-likeness (QED) is 0.943. The number of carbonyl (C=O) groups excluding carboxylic acids is 1. The molecule has 1 heterocycles. The van der Waals surface area contributed by atoms with Gasteiger partial charge in [0.05, 0.1) is 0 Å². The van der Waals surface area contributed by atoms with Gasteiger partial charge in [-0.05, 0) is 57.1 Å². The number of nitrogens with zero attached hydrogens (tertiary/aromatic N) is 2.